The number of ether oxygens (including phenoxy) is 1. The fraction of sp³-hybridized carbons (Fsp3) is 0.190. The van der Waals surface area contributed by atoms with Crippen LogP contribution in [0.2, 0.25) is 0 Å². The van der Waals surface area contributed by atoms with Gasteiger partial charge in [-0.2, -0.15) is 0 Å². The number of imidazole rings is 1. The number of hydrogen-bond donors (Lipinski definition) is 1. The average Bonchev–Trinajstić information content (AvgIpc) is 3.23. The molecule has 1 N–H and O–H groups in total. The average molecular weight is 408 g/mol. The molecule has 0 aliphatic heterocycles. The standard InChI is InChI=1S/C21H20N4O5/c1-15(20(30-14-26)17-10-6-3-7-11-17)23-21(27)19(16-8-4-2-5-9-16)24-12-18(22-13-24)25(28)29/h2-15,19-20H,1H3,(H,23,27)/t15?,19?,20-/m1/s1. The number of nitrogens with one attached hydrogen (secondary N) is 1. The molecule has 9 nitrogen and oxygen atoms in total. The molecule has 2 aromatic carbocycles. The number of hydrogen-bond acceptors (Lipinski definition) is 6. The highest BCUT2D eigenvalue weighted by molar-refractivity contribution is 5.84. The lowest BCUT2D eigenvalue weighted by Gasteiger charge is -2.26. The predicted octanol–water partition coefficient (Wildman–Crippen LogP) is 2.80. The molecular weight excluding hydrogens is 388 g/mol. The van der Waals surface area contributed by atoms with E-state index >= 15 is 0 Å². The Kier molecular flexibility index (Phi) is 6.53. The molecule has 1 heterocycles. The zero-order chi connectivity index (χ0) is 21.5. The van der Waals surface area contributed by atoms with Crippen LogP contribution < -0.4 is 5.32 Å². The zero-order valence-electron chi connectivity index (χ0n) is 16.1. The minimum atomic E-state index is -0.887. The zero-order valence-corrected chi connectivity index (χ0v) is 16.1. The fourth-order valence-electron chi connectivity index (χ4n) is 3.22. The molecule has 1 aromatic heterocycles. The quantitative estimate of drug-likeness (QED) is 0.331. The van der Waals surface area contributed by atoms with Crippen LogP contribution in [0.15, 0.2) is 73.2 Å². The molecule has 0 spiro atoms. The van der Waals surface area contributed by atoms with E-state index in [-0.39, 0.29) is 5.82 Å². The lowest BCUT2D eigenvalue weighted by molar-refractivity contribution is -0.389. The van der Waals surface area contributed by atoms with Gasteiger partial charge in [0.15, 0.2) is 0 Å². The van der Waals surface area contributed by atoms with Gasteiger partial charge in [-0.1, -0.05) is 60.7 Å². The second-order valence-corrected chi connectivity index (χ2v) is 6.61. The van der Waals surface area contributed by atoms with Gasteiger partial charge >= 0.3 is 5.82 Å². The van der Waals surface area contributed by atoms with Crippen LogP contribution in [0.1, 0.15) is 30.2 Å². The first-order chi connectivity index (χ1) is 14.5. The van der Waals surface area contributed by atoms with E-state index in [4.69, 9.17) is 4.74 Å². The van der Waals surface area contributed by atoms with E-state index in [1.165, 1.54) is 17.1 Å². The molecule has 9 heteroatoms. The summed E-state index contributed by atoms with van der Waals surface area (Å²) in [5.74, 6) is -0.778. The van der Waals surface area contributed by atoms with E-state index in [9.17, 15) is 19.7 Å². The van der Waals surface area contributed by atoms with E-state index in [2.05, 4.69) is 10.3 Å². The molecule has 2 unspecified atom stereocenters. The molecule has 0 saturated carbocycles. The van der Waals surface area contributed by atoms with Crippen LogP contribution in [0, 0.1) is 10.1 Å². The summed E-state index contributed by atoms with van der Waals surface area (Å²) in [7, 11) is 0. The molecule has 0 bridgehead atoms. The Bertz CT molecular complexity index is 1010. The SMILES string of the molecule is CC(NC(=O)C(c1ccccc1)n1cnc([N+](=O)[O-])c1)[C@@H](OC=O)c1ccccc1. The molecule has 0 aliphatic carbocycles. The minimum absolute atomic E-state index is 0.341. The summed E-state index contributed by atoms with van der Waals surface area (Å²) in [6.07, 6.45) is 1.76. The van der Waals surface area contributed by atoms with Crippen LogP contribution in [-0.4, -0.2) is 32.9 Å². The maximum atomic E-state index is 13.2. The van der Waals surface area contributed by atoms with Gasteiger partial charge in [0.05, 0.1) is 6.04 Å². The Morgan fingerprint density at radius 2 is 1.73 bits per heavy atom. The number of carbonyl (C=O) groups excluding carboxylic acids is 2. The molecule has 0 aliphatic rings. The molecule has 3 aromatic rings. The van der Waals surface area contributed by atoms with Gasteiger partial charge in [0.1, 0.15) is 18.3 Å². The van der Waals surface area contributed by atoms with Gasteiger partial charge in [-0.15, -0.1) is 0 Å². The smallest absolute Gasteiger partial charge is 0.381 e. The van der Waals surface area contributed by atoms with Gasteiger partial charge in [-0.25, -0.2) is 0 Å². The molecule has 3 atom stereocenters. The molecule has 0 radical (unpaired) electrons. The molecular formula is C21H20N4O5. The van der Waals surface area contributed by atoms with Crippen LogP contribution in [-0.2, 0) is 14.3 Å². The summed E-state index contributed by atoms with van der Waals surface area (Å²) < 4.78 is 6.60. The van der Waals surface area contributed by atoms with Gasteiger partial charge in [0, 0.05) is 0 Å². The topological polar surface area (TPSA) is 116 Å². The summed E-state index contributed by atoms with van der Waals surface area (Å²) in [4.78, 5) is 38.4. The van der Waals surface area contributed by atoms with Crippen molar-refractivity contribution < 1.29 is 19.2 Å². The van der Waals surface area contributed by atoms with Crippen LogP contribution in [0.5, 0.6) is 0 Å². The first kappa shape index (κ1) is 20.7. The van der Waals surface area contributed by atoms with Crippen LogP contribution in [0.25, 0.3) is 0 Å². The van der Waals surface area contributed by atoms with Crippen molar-refractivity contribution in [3.8, 4) is 0 Å². The number of nitrogens with zero attached hydrogens (tertiary/aromatic N) is 3. The van der Waals surface area contributed by atoms with Gasteiger partial charge < -0.3 is 20.2 Å². The Balaban J connectivity index is 1.88. The van der Waals surface area contributed by atoms with E-state index in [1.807, 2.05) is 18.2 Å². The third-order valence-electron chi connectivity index (χ3n) is 4.59. The van der Waals surface area contributed by atoms with Crippen molar-refractivity contribution in [3.63, 3.8) is 0 Å². The summed E-state index contributed by atoms with van der Waals surface area (Å²) >= 11 is 0. The lowest BCUT2D eigenvalue weighted by atomic mass is 10.0. The Labute approximate surface area is 172 Å². The number of aromatic nitrogens is 2. The van der Waals surface area contributed by atoms with Gasteiger partial charge in [0.2, 0.25) is 12.2 Å². The van der Waals surface area contributed by atoms with Crippen molar-refractivity contribution >= 4 is 18.2 Å². The van der Waals surface area contributed by atoms with Gasteiger partial charge in [-0.05, 0) is 28.0 Å². The van der Waals surface area contributed by atoms with Crippen molar-refractivity contribution in [2.75, 3.05) is 0 Å². The van der Waals surface area contributed by atoms with Crippen molar-refractivity contribution in [2.45, 2.75) is 25.1 Å². The van der Waals surface area contributed by atoms with Crippen molar-refractivity contribution in [1.29, 1.82) is 0 Å². The van der Waals surface area contributed by atoms with Gasteiger partial charge in [-0.3, -0.25) is 14.2 Å². The van der Waals surface area contributed by atoms with E-state index in [1.54, 1.807) is 49.4 Å². The molecule has 154 valence electrons. The Morgan fingerprint density at radius 1 is 1.13 bits per heavy atom. The molecule has 1 amide bonds. The van der Waals surface area contributed by atoms with Crippen LogP contribution >= 0.6 is 0 Å². The summed E-state index contributed by atoms with van der Waals surface area (Å²) in [6, 6.07) is 16.4. The second kappa shape index (κ2) is 9.46. The maximum absolute atomic E-state index is 13.2. The molecule has 0 fully saturated rings. The number of amides is 1. The molecule has 30 heavy (non-hydrogen) atoms. The monoisotopic (exact) mass is 408 g/mol. The van der Waals surface area contributed by atoms with Crippen molar-refractivity contribution in [3.05, 3.63) is 94.4 Å². The van der Waals surface area contributed by atoms with E-state index in [0.717, 1.165) is 5.56 Å². The molecule has 0 saturated heterocycles. The van der Waals surface area contributed by atoms with E-state index in [0.29, 0.717) is 12.0 Å². The van der Waals surface area contributed by atoms with Crippen LogP contribution in [0.4, 0.5) is 5.82 Å². The highest BCUT2D eigenvalue weighted by Gasteiger charge is 2.29. The summed E-state index contributed by atoms with van der Waals surface area (Å²) in [6.45, 7) is 2.06. The Morgan fingerprint density at radius 3 is 2.27 bits per heavy atom. The second-order valence-electron chi connectivity index (χ2n) is 6.61. The maximum Gasteiger partial charge on any atom is 0.381 e. The molecule has 3 rings (SSSR count). The normalized spacial score (nSPS) is 13.6. The highest BCUT2D eigenvalue weighted by atomic mass is 16.6. The van der Waals surface area contributed by atoms with E-state index < -0.39 is 29.0 Å². The highest BCUT2D eigenvalue weighted by Crippen LogP contribution is 2.24. The summed E-state index contributed by atoms with van der Waals surface area (Å²) in [5, 5.41) is 13.9. The fourth-order valence-corrected chi connectivity index (χ4v) is 3.22. The van der Waals surface area contributed by atoms with Gasteiger partial charge in [0.25, 0.3) is 6.47 Å². The largest absolute Gasteiger partial charge is 0.458 e. The third kappa shape index (κ3) is 4.69. The third-order valence-corrected chi connectivity index (χ3v) is 4.59. The minimum Gasteiger partial charge on any atom is -0.458 e. The number of nitro groups is 1. The van der Waals surface area contributed by atoms with Crippen LogP contribution in [0.3, 0.4) is 0 Å². The lowest BCUT2D eigenvalue weighted by Crippen LogP contribution is -2.42. The number of rotatable bonds is 9. The Hall–Kier alpha value is -4.01. The summed E-state index contributed by atoms with van der Waals surface area (Å²) in [5.41, 5.74) is 1.36. The first-order valence-corrected chi connectivity index (χ1v) is 9.18. The number of carbonyl (C=O) groups is 2. The number of benzene rings is 2. The van der Waals surface area contributed by atoms with Crippen molar-refractivity contribution in [1.82, 2.24) is 14.9 Å². The predicted molar refractivity (Wildman–Crippen MR) is 107 cm³/mol. The van der Waals surface area contributed by atoms with Crippen molar-refractivity contribution in [2.24, 2.45) is 0 Å². The first-order valence-electron chi connectivity index (χ1n) is 9.18.